The van der Waals surface area contributed by atoms with Crippen LogP contribution in [0.1, 0.15) is 49.7 Å². The molecule has 32 heavy (non-hydrogen) atoms. The van der Waals surface area contributed by atoms with Gasteiger partial charge in [-0.15, -0.1) is 0 Å². The van der Waals surface area contributed by atoms with Crippen LogP contribution in [0.25, 0.3) is 0 Å². The van der Waals surface area contributed by atoms with E-state index in [1.54, 1.807) is 14.2 Å². The SMILES string of the molecule is COc1ccc(CCN(Cc2ccc3c(c2)OCO3)C(=O)CCC2CCCC2)cc1OC. The number of amides is 1. The number of nitrogens with zero attached hydrogens (tertiary/aromatic N) is 1. The van der Waals surface area contributed by atoms with Crippen LogP contribution in [0.5, 0.6) is 23.0 Å². The standard InChI is InChI=1S/C26H33NO5/c1-29-22-10-7-20(15-24(22)30-2)13-14-27(26(28)12-9-19-5-3-4-6-19)17-21-8-11-23-25(16-21)32-18-31-23/h7-8,10-11,15-16,19H,3-6,9,12-14,17-18H2,1-2H3. The Bertz CT molecular complexity index is 922. The molecule has 2 aliphatic rings. The van der Waals surface area contributed by atoms with E-state index in [1.807, 2.05) is 41.3 Å². The van der Waals surface area contributed by atoms with E-state index in [9.17, 15) is 4.79 Å². The summed E-state index contributed by atoms with van der Waals surface area (Å²) in [4.78, 5) is 15.2. The molecule has 6 nitrogen and oxygen atoms in total. The molecule has 0 atom stereocenters. The predicted molar refractivity (Wildman–Crippen MR) is 122 cm³/mol. The Labute approximate surface area is 190 Å². The number of methoxy groups -OCH3 is 2. The third kappa shape index (κ3) is 5.47. The molecule has 172 valence electrons. The van der Waals surface area contributed by atoms with E-state index in [2.05, 4.69) is 0 Å². The molecule has 2 aromatic rings. The van der Waals surface area contributed by atoms with Crippen LogP contribution in [-0.2, 0) is 17.8 Å². The molecule has 0 bridgehead atoms. The number of hydrogen-bond acceptors (Lipinski definition) is 5. The van der Waals surface area contributed by atoms with Crippen LogP contribution in [0, 0.1) is 5.92 Å². The molecule has 2 aromatic carbocycles. The van der Waals surface area contributed by atoms with Crippen LogP contribution in [-0.4, -0.2) is 38.4 Å². The molecule has 0 saturated heterocycles. The smallest absolute Gasteiger partial charge is 0.231 e. The van der Waals surface area contributed by atoms with Gasteiger partial charge in [0.2, 0.25) is 12.7 Å². The highest BCUT2D eigenvalue weighted by molar-refractivity contribution is 5.76. The number of benzene rings is 2. The lowest BCUT2D eigenvalue weighted by molar-refractivity contribution is -0.132. The van der Waals surface area contributed by atoms with E-state index in [0.717, 1.165) is 35.5 Å². The molecule has 0 spiro atoms. The second-order valence-corrected chi connectivity index (χ2v) is 8.63. The molecule has 1 aliphatic carbocycles. The molecule has 0 aromatic heterocycles. The number of fused-ring (bicyclic) bond motifs is 1. The molecule has 1 amide bonds. The Hall–Kier alpha value is -2.89. The van der Waals surface area contributed by atoms with Gasteiger partial charge in [-0.3, -0.25) is 4.79 Å². The minimum Gasteiger partial charge on any atom is -0.493 e. The van der Waals surface area contributed by atoms with Crippen LogP contribution < -0.4 is 18.9 Å². The second-order valence-electron chi connectivity index (χ2n) is 8.63. The van der Waals surface area contributed by atoms with Gasteiger partial charge in [-0.25, -0.2) is 0 Å². The Morgan fingerprint density at radius 3 is 2.50 bits per heavy atom. The highest BCUT2D eigenvalue weighted by atomic mass is 16.7. The Kier molecular flexibility index (Phi) is 7.40. The quantitative estimate of drug-likeness (QED) is 0.523. The number of hydrogen-bond donors (Lipinski definition) is 0. The van der Waals surface area contributed by atoms with E-state index < -0.39 is 0 Å². The average Bonchev–Trinajstić information content (AvgIpc) is 3.51. The monoisotopic (exact) mass is 439 g/mol. The number of carbonyl (C=O) groups is 1. The summed E-state index contributed by atoms with van der Waals surface area (Å²) in [5.74, 6) is 3.85. The van der Waals surface area contributed by atoms with Gasteiger partial charge in [0, 0.05) is 19.5 Å². The van der Waals surface area contributed by atoms with Crippen molar-refractivity contribution in [2.75, 3.05) is 27.6 Å². The summed E-state index contributed by atoms with van der Waals surface area (Å²) in [7, 11) is 3.27. The fraction of sp³-hybridized carbons (Fsp3) is 0.500. The van der Waals surface area contributed by atoms with Crippen molar-refractivity contribution in [1.82, 2.24) is 4.90 Å². The molecule has 1 heterocycles. The second kappa shape index (κ2) is 10.6. The summed E-state index contributed by atoms with van der Waals surface area (Å²) in [6.45, 7) is 1.46. The fourth-order valence-electron chi connectivity index (χ4n) is 4.64. The number of carbonyl (C=O) groups excluding carboxylic acids is 1. The topological polar surface area (TPSA) is 57.2 Å². The molecular formula is C26H33NO5. The van der Waals surface area contributed by atoms with Gasteiger partial charge in [0.05, 0.1) is 14.2 Å². The van der Waals surface area contributed by atoms with Crippen LogP contribution in [0.2, 0.25) is 0 Å². The highest BCUT2D eigenvalue weighted by Crippen LogP contribution is 2.33. The van der Waals surface area contributed by atoms with Crippen LogP contribution >= 0.6 is 0 Å². The molecule has 0 radical (unpaired) electrons. The lowest BCUT2D eigenvalue weighted by Crippen LogP contribution is -2.32. The molecular weight excluding hydrogens is 406 g/mol. The first-order chi connectivity index (χ1) is 15.7. The minimum absolute atomic E-state index is 0.218. The Morgan fingerprint density at radius 1 is 0.969 bits per heavy atom. The summed E-state index contributed by atoms with van der Waals surface area (Å²) in [5.41, 5.74) is 2.16. The van der Waals surface area contributed by atoms with E-state index in [1.165, 1.54) is 25.7 Å². The normalized spacial score (nSPS) is 15.1. The van der Waals surface area contributed by atoms with Crippen molar-refractivity contribution in [3.8, 4) is 23.0 Å². The molecule has 1 saturated carbocycles. The van der Waals surface area contributed by atoms with E-state index in [4.69, 9.17) is 18.9 Å². The maximum Gasteiger partial charge on any atom is 0.231 e. The molecule has 0 unspecified atom stereocenters. The lowest BCUT2D eigenvalue weighted by Gasteiger charge is -2.24. The van der Waals surface area contributed by atoms with E-state index in [-0.39, 0.29) is 12.7 Å². The van der Waals surface area contributed by atoms with Gasteiger partial charge in [-0.1, -0.05) is 37.8 Å². The zero-order valence-corrected chi connectivity index (χ0v) is 19.1. The Morgan fingerprint density at radius 2 is 1.72 bits per heavy atom. The molecule has 4 rings (SSSR count). The van der Waals surface area contributed by atoms with Crippen LogP contribution in [0.4, 0.5) is 0 Å². The van der Waals surface area contributed by atoms with Gasteiger partial charge >= 0.3 is 0 Å². The fourth-order valence-corrected chi connectivity index (χ4v) is 4.64. The molecule has 6 heteroatoms. The van der Waals surface area contributed by atoms with Gasteiger partial charge in [0.25, 0.3) is 0 Å². The minimum atomic E-state index is 0.218. The maximum absolute atomic E-state index is 13.2. The first kappa shape index (κ1) is 22.3. The summed E-state index contributed by atoms with van der Waals surface area (Å²) < 4.78 is 21.7. The van der Waals surface area contributed by atoms with Gasteiger partial charge in [0.1, 0.15) is 0 Å². The maximum atomic E-state index is 13.2. The first-order valence-corrected chi connectivity index (χ1v) is 11.5. The summed E-state index contributed by atoms with van der Waals surface area (Å²) >= 11 is 0. The van der Waals surface area contributed by atoms with Crippen molar-refractivity contribution >= 4 is 5.91 Å². The third-order valence-electron chi connectivity index (χ3n) is 6.52. The van der Waals surface area contributed by atoms with Gasteiger partial charge < -0.3 is 23.8 Å². The van der Waals surface area contributed by atoms with Crippen molar-refractivity contribution in [1.29, 1.82) is 0 Å². The van der Waals surface area contributed by atoms with Crippen molar-refractivity contribution in [2.45, 2.75) is 51.5 Å². The Balaban J connectivity index is 1.44. The largest absolute Gasteiger partial charge is 0.493 e. The predicted octanol–water partition coefficient (Wildman–Crippen LogP) is 4.97. The van der Waals surface area contributed by atoms with E-state index in [0.29, 0.717) is 36.9 Å². The van der Waals surface area contributed by atoms with E-state index >= 15 is 0 Å². The molecule has 1 fully saturated rings. The van der Waals surface area contributed by atoms with Crippen LogP contribution in [0.3, 0.4) is 0 Å². The number of rotatable bonds is 10. The average molecular weight is 440 g/mol. The summed E-state index contributed by atoms with van der Waals surface area (Å²) in [5, 5.41) is 0. The zero-order valence-electron chi connectivity index (χ0n) is 19.1. The number of ether oxygens (including phenoxy) is 4. The lowest BCUT2D eigenvalue weighted by atomic mass is 10.0. The zero-order chi connectivity index (χ0) is 22.3. The van der Waals surface area contributed by atoms with Crippen molar-refractivity contribution < 1.29 is 23.7 Å². The molecule has 0 N–H and O–H groups in total. The summed E-state index contributed by atoms with van der Waals surface area (Å²) in [6, 6.07) is 11.9. The highest BCUT2D eigenvalue weighted by Gasteiger charge is 2.21. The summed E-state index contributed by atoms with van der Waals surface area (Å²) in [6.07, 6.45) is 7.49. The molecule has 1 aliphatic heterocycles. The van der Waals surface area contributed by atoms with Crippen molar-refractivity contribution in [3.05, 3.63) is 47.5 Å². The van der Waals surface area contributed by atoms with Crippen molar-refractivity contribution in [2.24, 2.45) is 5.92 Å². The first-order valence-electron chi connectivity index (χ1n) is 11.5. The third-order valence-corrected chi connectivity index (χ3v) is 6.52. The van der Waals surface area contributed by atoms with Gasteiger partial charge in [0.15, 0.2) is 23.0 Å². The van der Waals surface area contributed by atoms with Crippen molar-refractivity contribution in [3.63, 3.8) is 0 Å². The van der Waals surface area contributed by atoms with Gasteiger partial charge in [-0.2, -0.15) is 0 Å². The van der Waals surface area contributed by atoms with Gasteiger partial charge in [-0.05, 0) is 54.2 Å². The van der Waals surface area contributed by atoms with Crippen LogP contribution in [0.15, 0.2) is 36.4 Å².